The van der Waals surface area contributed by atoms with Crippen molar-refractivity contribution in [1.29, 1.82) is 0 Å². The molecule has 0 spiro atoms. The maximum Gasteiger partial charge on any atom is 0.177 e. The lowest BCUT2D eigenvalue weighted by molar-refractivity contribution is -0.915. The highest BCUT2D eigenvalue weighted by Gasteiger charge is 2.23. The Morgan fingerprint density at radius 3 is 2.67 bits per heavy atom. The van der Waals surface area contributed by atoms with Gasteiger partial charge < -0.3 is 24.8 Å². The van der Waals surface area contributed by atoms with Crippen LogP contribution in [-0.4, -0.2) is 69.3 Å². The highest BCUT2D eigenvalue weighted by Crippen LogP contribution is 1.98. The second-order valence-electron chi connectivity index (χ2n) is 6.78. The van der Waals surface area contributed by atoms with Crippen LogP contribution < -0.4 is 15.1 Å². The fourth-order valence-corrected chi connectivity index (χ4v) is 3.68. The molecule has 1 unspecified atom stereocenters. The minimum absolute atomic E-state index is 0.913. The van der Waals surface area contributed by atoms with Crippen LogP contribution in [0.2, 0.25) is 0 Å². The van der Waals surface area contributed by atoms with Crippen molar-refractivity contribution in [2.75, 3.05) is 59.3 Å². The lowest BCUT2D eigenvalue weighted by atomic mass is 10.1. The molecule has 2 heterocycles. The first-order chi connectivity index (χ1) is 11.8. The molecule has 2 saturated heterocycles. The van der Waals surface area contributed by atoms with E-state index in [1.54, 1.807) is 9.80 Å². The average molecular weight is 351 g/mol. The lowest BCUT2D eigenvalue weighted by Gasteiger charge is -2.35. The van der Waals surface area contributed by atoms with Crippen molar-refractivity contribution in [3.05, 3.63) is 35.9 Å². The van der Waals surface area contributed by atoms with Crippen molar-refractivity contribution in [1.82, 2.24) is 10.2 Å². The normalized spacial score (nSPS) is 22.4. The van der Waals surface area contributed by atoms with Crippen LogP contribution >= 0.6 is 12.2 Å². The van der Waals surface area contributed by atoms with Crippen molar-refractivity contribution in [3.63, 3.8) is 0 Å². The first-order valence-corrected chi connectivity index (χ1v) is 9.53. The zero-order valence-electron chi connectivity index (χ0n) is 14.4. The Bertz CT molecular complexity index is 507. The van der Waals surface area contributed by atoms with Crippen molar-refractivity contribution in [3.8, 4) is 0 Å². The van der Waals surface area contributed by atoms with Crippen LogP contribution in [0, 0.1) is 0 Å². The predicted molar refractivity (Wildman–Crippen MR) is 99.1 cm³/mol. The van der Waals surface area contributed by atoms with Crippen molar-refractivity contribution >= 4 is 17.3 Å². The van der Waals surface area contributed by atoms with Gasteiger partial charge in [0.05, 0.1) is 26.3 Å². The quantitative estimate of drug-likeness (QED) is 0.524. The van der Waals surface area contributed by atoms with Crippen molar-refractivity contribution in [2.24, 2.45) is 0 Å². The van der Waals surface area contributed by atoms with Gasteiger partial charge in [-0.1, -0.05) is 30.3 Å². The van der Waals surface area contributed by atoms with Gasteiger partial charge >= 0.3 is 0 Å². The highest BCUT2D eigenvalue weighted by molar-refractivity contribution is 7.80. The maximum absolute atomic E-state index is 5.50. The van der Waals surface area contributed by atoms with Gasteiger partial charge in [0, 0.05) is 19.4 Å². The number of morpholine rings is 1. The fourth-order valence-electron chi connectivity index (χ4n) is 3.45. The second-order valence-corrected chi connectivity index (χ2v) is 7.17. The van der Waals surface area contributed by atoms with E-state index in [-0.39, 0.29) is 0 Å². The van der Waals surface area contributed by atoms with Gasteiger partial charge in [-0.3, -0.25) is 0 Å². The van der Waals surface area contributed by atoms with Gasteiger partial charge in [-0.15, -0.1) is 0 Å². The molecule has 6 heteroatoms. The summed E-state index contributed by atoms with van der Waals surface area (Å²) in [6, 6.07) is 10.7. The van der Waals surface area contributed by atoms with Crippen LogP contribution in [-0.2, 0) is 11.2 Å². The van der Waals surface area contributed by atoms with E-state index in [2.05, 4.69) is 40.5 Å². The number of benzene rings is 1. The smallest absolute Gasteiger partial charge is 0.177 e. The third-order valence-corrected chi connectivity index (χ3v) is 5.36. The van der Waals surface area contributed by atoms with E-state index >= 15 is 0 Å². The van der Waals surface area contributed by atoms with E-state index in [4.69, 9.17) is 17.0 Å². The third kappa shape index (κ3) is 5.41. The summed E-state index contributed by atoms with van der Waals surface area (Å²) in [5, 5.41) is 4.33. The summed E-state index contributed by atoms with van der Waals surface area (Å²) >= 11 is 5.50. The minimum Gasteiger partial charge on any atom is -0.370 e. The van der Waals surface area contributed by atoms with Gasteiger partial charge in [0.15, 0.2) is 18.4 Å². The molecule has 1 aromatic rings. The number of nitrogens with one attached hydrogen (secondary N) is 3. The summed E-state index contributed by atoms with van der Waals surface area (Å²) in [5.74, 6) is 0. The van der Waals surface area contributed by atoms with Gasteiger partial charge in [0.25, 0.3) is 0 Å². The van der Waals surface area contributed by atoms with Crippen molar-refractivity contribution < 1.29 is 14.5 Å². The molecule has 3 N–H and O–H groups in total. The minimum atomic E-state index is 0.913. The van der Waals surface area contributed by atoms with Crippen LogP contribution in [0.5, 0.6) is 0 Å². The van der Waals surface area contributed by atoms with Crippen molar-refractivity contribution in [2.45, 2.75) is 12.8 Å². The number of quaternary nitrogens is 2. The summed E-state index contributed by atoms with van der Waals surface area (Å²) < 4.78 is 5.43. The Balaban J connectivity index is 1.39. The largest absolute Gasteiger partial charge is 0.370 e. The zero-order chi connectivity index (χ0) is 16.6. The molecule has 2 aliphatic rings. The number of rotatable bonds is 7. The molecule has 0 aliphatic carbocycles. The SMILES string of the molecule is S=C1NC[NH+](CCc2ccccc2)CN1CCC[NH+]1CCOCC1. The maximum atomic E-state index is 5.50. The molecule has 1 atom stereocenters. The molecule has 5 nitrogen and oxygen atoms in total. The van der Waals surface area contributed by atoms with Gasteiger partial charge in [-0.2, -0.15) is 0 Å². The van der Waals surface area contributed by atoms with Crippen LogP contribution in [0.3, 0.4) is 0 Å². The first-order valence-electron chi connectivity index (χ1n) is 9.13. The summed E-state index contributed by atoms with van der Waals surface area (Å²) in [6.45, 7) is 9.52. The van der Waals surface area contributed by atoms with E-state index in [1.807, 2.05) is 0 Å². The lowest BCUT2D eigenvalue weighted by Crippen LogP contribution is -3.17. The topological polar surface area (TPSA) is 33.4 Å². The summed E-state index contributed by atoms with van der Waals surface area (Å²) in [5.41, 5.74) is 1.42. The Morgan fingerprint density at radius 1 is 1.08 bits per heavy atom. The Morgan fingerprint density at radius 2 is 1.88 bits per heavy atom. The molecule has 0 aromatic heterocycles. The summed E-state index contributed by atoms with van der Waals surface area (Å²) in [7, 11) is 0. The number of nitrogens with zero attached hydrogens (tertiary/aromatic N) is 1. The fraction of sp³-hybridized carbons (Fsp3) is 0.611. The molecule has 3 rings (SSSR count). The Labute approximate surface area is 150 Å². The highest BCUT2D eigenvalue weighted by atomic mass is 32.1. The molecular weight excluding hydrogens is 320 g/mol. The van der Waals surface area contributed by atoms with Crippen LogP contribution in [0.25, 0.3) is 0 Å². The van der Waals surface area contributed by atoms with Gasteiger partial charge in [-0.05, 0) is 17.8 Å². The number of ether oxygens (including phenoxy) is 1. The molecule has 0 amide bonds. The number of hydrogen-bond acceptors (Lipinski definition) is 2. The molecule has 2 fully saturated rings. The monoisotopic (exact) mass is 350 g/mol. The predicted octanol–water partition coefficient (Wildman–Crippen LogP) is -1.48. The molecule has 0 radical (unpaired) electrons. The molecular formula is C18H30N4OS+2. The van der Waals surface area contributed by atoms with Crippen LogP contribution in [0.15, 0.2) is 30.3 Å². The molecule has 2 aliphatic heterocycles. The molecule has 1 aromatic carbocycles. The van der Waals surface area contributed by atoms with E-state index in [0.717, 1.165) is 64.3 Å². The van der Waals surface area contributed by atoms with E-state index < -0.39 is 0 Å². The first kappa shape index (κ1) is 17.6. The molecule has 0 saturated carbocycles. The van der Waals surface area contributed by atoms with Gasteiger partial charge in [0.2, 0.25) is 0 Å². The summed E-state index contributed by atoms with van der Waals surface area (Å²) in [4.78, 5) is 5.58. The van der Waals surface area contributed by atoms with Crippen LogP contribution in [0.4, 0.5) is 0 Å². The van der Waals surface area contributed by atoms with Crippen LogP contribution in [0.1, 0.15) is 12.0 Å². The van der Waals surface area contributed by atoms with E-state index in [1.165, 1.54) is 18.5 Å². The second kappa shape index (κ2) is 9.32. The number of hydrogen-bond donors (Lipinski definition) is 3. The third-order valence-electron chi connectivity index (χ3n) is 4.96. The standard InChI is InChI=1S/C18H28N4OS/c24-18-19-15-21(10-7-17-5-2-1-3-6-17)16-22(18)9-4-8-20-11-13-23-14-12-20/h1-3,5-6H,4,7-16H2,(H,19,24)/p+2. The van der Waals surface area contributed by atoms with E-state index in [9.17, 15) is 0 Å². The average Bonchev–Trinajstić information content (AvgIpc) is 2.64. The molecule has 0 bridgehead atoms. The molecule has 132 valence electrons. The summed E-state index contributed by atoms with van der Waals surface area (Å²) in [6.07, 6.45) is 2.32. The Kier molecular flexibility index (Phi) is 6.84. The van der Waals surface area contributed by atoms with Gasteiger partial charge in [0.1, 0.15) is 13.1 Å². The van der Waals surface area contributed by atoms with Gasteiger partial charge in [-0.25, -0.2) is 0 Å². The Hall–Kier alpha value is -1.21. The zero-order valence-corrected chi connectivity index (χ0v) is 15.2. The number of thiocarbonyl (C=S) groups is 1. The molecule has 24 heavy (non-hydrogen) atoms. The van der Waals surface area contributed by atoms with E-state index in [0.29, 0.717) is 0 Å².